The molecule has 1 aliphatic carbocycles. The normalized spacial score (nSPS) is 16.3. The van der Waals surface area contributed by atoms with Crippen LogP contribution >= 0.6 is 11.3 Å². The van der Waals surface area contributed by atoms with Gasteiger partial charge in [0.15, 0.2) is 10.9 Å². The molecule has 1 aliphatic heterocycles. The van der Waals surface area contributed by atoms with Gasteiger partial charge in [-0.2, -0.15) is 5.10 Å². The highest BCUT2D eigenvalue weighted by atomic mass is 32.1. The number of anilines is 2. The molecule has 2 aromatic carbocycles. The molecule has 1 atom stereocenters. The van der Waals surface area contributed by atoms with Gasteiger partial charge in [0.1, 0.15) is 6.04 Å². The van der Waals surface area contributed by atoms with Crippen LogP contribution in [0.4, 0.5) is 10.8 Å². The zero-order chi connectivity index (χ0) is 31.5. The summed E-state index contributed by atoms with van der Waals surface area (Å²) in [6.45, 7) is 4.81. The number of carbonyl (C=O) groups excluding carboxylic acids is 2. The topological polar surface area (TPSA) is 114 Å². The minimum atomic E-state index is -0.749. The molecule has 5 aromatic rings. The van der Waals surface area contributed by atoms with E-state index in [0.29, 0.717) is 17.2 Å². The standard InChI is InChI=1S/C35H37N7O3S/c1-23(33(43)38-27-13-10-24(11-14-27)30-22-46-35(39-30)41-17-19-45-20-18-41)37-34(44)26-12-15-28-29(21-26)40-42(31-9-5-6-16-36-31)32(28)25-7-3-2-4-8-25/h5-6,9-16,21-23,25H,2-4,7-8,17-20H2,1H3,(H,37,44)(H,38,43). The van der Waals surface area contributed by atoms with E-state index in [4.69, 9.17) is 14.8 Å². The summed E-state index contributed by atoms with van der Waals surface area (Å²) in [5.74, 6) is 0.538. The van der Waals surface area contributed by atoms with Crippen LogP contribution in [-0.4, -0.2) is 63.9 Å². The van der Waals surface area contributed by atoms with Gasteiger partial charge in [-0.05, 0) is 56.2 Å². The summed E-state index contributed by atoms with van der Waals surface area (Å²) in [5.41, 5.74) is 4.88. The van der Waals surface area contributed by atoms with Crippen molar-refractivity contribution in [2.24, 2.45) is 0 Å². The van der Waals surface area contributed by atoms with Gasteiger partial charge in [-0.3, -0.25) is 9.59 Å². The third kappa shape index (κ3) is 6.38. The Balaban J connectivity index is 1.02. The van der Waals surface area contributed by atoms with Gasteiger partial charge in [-0.1, -0.05) is 43.5 Å². The van der Waals surface area contributed by atoms with Crippen molar-refractivity contribution in [2.75, 3.05) is 36.5 Å². The smallest absolute Gasteiger partial charge is 0.251 e. The fraction of sp³-hybridized carbons (Fsp3) is 0.343. The predicted molar refractivity (Wildman–Crippen MR) is 181 cm³/mol. The lowest BCUT2D eigenvalue weighted by Gasteiger charge is -2.26. The quantitative estimate of drug-likeness (QED) is 0.209. The number of nitrogens with one attached hydrogen (secondary N) is 2. The number of rotatable bonds is 8. The van der Waals surface area contributed by atoms with E-state index in [1.807, 2.05) is 70.7 Å². The molecule has 2 amide bonds. The number of amides is 2. The number of benzene rings is 2. The van der Waals surface area contributed by atoms with Crippen LogP contribution in [0, 0.1) is 0 Å². The van der Waals surface area contributed by atoms with Crippen LogP contribution in [0.15, 0.2) is 72.2 Å². The molecule has 4 heterocycles. The van der Waals surface area contributed by atoms with E-state index >= 15 is 0 Å². The molecule has 0 bridgehead atoms. The van der Waals surface area contributed by atoms with Crippen molar-refractivity contribution >= 4 is 44.9 Å². The molecular formula is C35H37N7O3S. The van der Waals surface area contributed by atoms with Gasteiger partial charge < -0.3 is 20.3 Å². The van der Waals surface area contributed by atoms with E-state index in [-0.39, 0.29) is 11.8 Å². The minimum Gasteiger partial charge on any atom is -0.378 e. The molecule has 7 rings (SSSR count). The van der Waals surface area contributed by atoms with E-state index in [0.717, 1.165) is 77.9 Å². The summed E-state index contributed by atoms with van der Waals surface area (Å²) in [6.07, 6.45) is 7.67. The molecule has 0 spiro atoms. The van der Waals surface area contributed by atoms with Crippen LogP contribution in [0.5, 0.6) is 0 Å². The van der Waals surface area contributed by atoms with Crippen molar-refractivity contribution in [3.63, 3.8) is 0 Å². The first-order valence-electron chi connectivity index (χ1n) is 16.0. The summed E-state index contributed by atoms with van der Waals surface area (Å²) >= 11 is 1.62. The fourth-order valence-electron chi connectivity index (χ4n) is 6.29. The Morgan fingerprint density at radius 1 is 1.00 bits per heavy atom. The Bertz CT molecular complexity index is 1820. The summed E-state index contributed by atoms with van der Waals surface area (Å²) in [6, 6.07) is 18.3. The Morgan fingerprint density at radius 3 is 2.57 bits per heavy atom. The molecule has 236 valence electrons. The number of pyridine rings is 1. The first-order chi connectivity index (χ1) is 22.5. The van der Waals surface area contributed by atoms with E-state index in [1.54, 1.807) is 24.5 Å². The van der Waals surface area contributed by atoms with Crippen LogP contribution < -0.4 is 15.5 Å². The number of thiazole rings is 1. The molecule has 1 unspecified atom stereocenters. The maximum Gasteiger partial charge on any atom is 0.251 e. The van der Waals surface area contributed by atoms with Gasteiger partial charge in [0.05, 0.1) is 30.1 Å². The van der Waals surface area contributed by atoms with Crippen LogP contribution in [0.2, 0.25) is 0 Å². The molecule has 0 radical (unpaired) electrons. The Hall–Kier alpha value is -4.61. The first-order valence-corrected chi connectivity index (χ1v) is 16.9. The molecule has 2 fully saturated rings. The van der Waals surface area contributed by atoms with Gasteiger partial charge in [0.2, 0.25) is 5.91 Å². The molecule has 10 nitrogen and oxygen atoms in total. The second-order valence-corrected chi connectivity index (χ2v) is 12.8. The Kier molecular flexibility index (Phi) is 8.76. The van der Waals surface area contributed by atoms with Crippen molar-refractivity contribution in [3.8, 4) is 17.1 Å². The summed E-state index contributed by atoms with van der Waals surface area (Å²) < 4.78 is 7.39. The average molecular weight is 636 g/mol. The Morgan fingerprint density at radius 2 is 1.80 bits per heavy atom. The molecule has 46 heavy (non-hydrogen) atoms. The van der Waals surface area contributed by atoms with E-state index in [2.05, 4.69) is 20.5 Å². The van der Waals surface area contributed by atoms with E-state index in [1.165, 1.54) is 19.3 Å². The van der Waals surface area contributed by atoms with Gasteiger partial charge in [-0.15, -0.1) is 11.3 Å². The Labute approximate surface area is 271 Å². The highest BCUT2D eigenvalue weighted by Gasteiger charge is 2.25. The maximum atomic E-state index is 13.3. The zero-order valence-corrected chi connectivity index (χ0v) is 26.6. The largest absolute Gasteiger partial charge is 0.378 e. The zero-order valence-electron chi connectivity index (χ0n) is 25.8. The number of nitrogens with zero attached hydrogens (tertiary/aromatic N) is 5. The summed E-state index contributed by atoms with van der Waals surface area (Å²) in [5, 5.41) is 14.8. The minimum absolute atomic E-state index is 0.301. The summed E-state index contributed by atoms with van der Waals surface area (Å²) in [7, 11) is 0. The number of aromatic nitrogens is 4. The molecular weight excluding hydrogens is 598 g/mol. The SMILES string of the molecule is CC(NC(=O)c1ccc2c(C3CCCCC3)n(-c3ccccn3)nc2c1)C(=O)Nc1ccc(-c2csc(N3CCOCC3)n2)cc1. The number of carbonyl (C=O) groups is 2. The highest BCUT2D eigenvalue weighted by molar-refractivity contribution is 7.14. The van der Waals surface area contributed by atoms with Crippen molar-refractivity contribution in [2.45, 2.75) is 51.0 Å². The van der Waals surface area contributed by atoms with Gasteiger partial charge in [0.25, 0.3) is 5.91 Å². The van der Waals surface area contributed by atoms with Gasteiger partial charge in [-0.25, -0.2) is 14.6 Å². The monoisotopic (exact) mass is 635 g/mol. The fourth-order valence-corrected chi connectivity index (χ4v) is 7.18. The van der Waals surface area contributed by atoms with E-state index < -0.39 is 6.04 Å². The number of hydrogen-bond donors (Lipinski definition) is 2. The lowest BCUT2D eigenvalue weighted by molar-refractivity contribution is -0.117. The molecule has 2 aliphatic rings. The molecule has 1 saturated carbocycles. The van der Waals surface area contributed by atoms with Crippen LogP contribution in [-0.2, 0) is 9.53 Å². The van der Waals surface area contributed by atoms with Crippen molar-refractivity contribution in [3.05, 3.63) is 83.5 Å². The molecule has 3 aromatic heterocycles. The third-order valence-electron chi connectivity index (χ3n) is 8.79. The highest BCUT2D eigenvalue weighted by Crippen LogP contribution is 2.38. The maximum absolute atomic E-state index is 13.3. The number of hydrogen-bond acceptors (Lipinski definition) is 8. The second-order valence-electron chi connectivity index (χ2n) is 11.9. The second kappa shape index (κ2) is 13.4. The first kappa shape index (κ1) is 30.1. The van der Waals surface area contributed by atoms with Crippen molar-refractivity contribution in [1.29, 1.82) is 0 Å². The van der Waals surface area contributed by atoms with Gasteiger partial charge in [0, 0.05) is 52.8 Å². The molecule has 1 saturated heterocycles. The predicted octanol–water partition coefficient (Wildman–Crippen LogP) is 6.19. The molecule has 2 N–H and O–H groups in total. The third-order valence-corrected chi connectivity index (χ3v) is 9.69. The van der Waals surface area contributed by atoms with E-state index in [9.17, 15) is 9.59 Å². The number of morpholine rings is 1. The average Bonchev–Trinajstić information content (AvgIpc) is 3.75. The summed E-state index contributed by atoms with van der Waals surface area (Å²) in [4.78, 5) is 37.9. The molecule has 11 heteroatoms. The van der Waals surface area contributed by atoms with Crippen LogP contribution in [0.1, 0.15) is 61.0 Å². The van der Waals surface area contributed by atoms with Gasteiger partial charge >= 0.3 is 0 Å². The van der Waals surface area contributed by atoms with Crippen LogP contribution in [0.25, 0.3) is 28.0 Å². The lowest BCUT2D eigenvalue weighted by atomic mass is 9.85. The van der Waals surface area contributed by atoms with Crippen LogP contribution in [0.3, 0.4) is 0 Å². The van der Waals surface area contributed by atoms with Crippen molar-refractivity contribution < 1.29 is 14.3 Å². The lowest BCUT2D eigenvalue weighted by Crippen LogP contribution is -2.41. The number of fused-ring (bicyclic) bond motifs is 1. The van der Waals surface area contributed by atoms with Crippen molar-refractivity contribution in [1.82, 2.24) is 25.1 Å². The number of ether oxygens (including phenoxy) is 1.